The minimum Gasteiger partial charge on any atom is -0.462 e. The van der Waals surface area contributed by atoms with E-state index in [0.29, 0.717) is 10.6 Å². The highest BCUT2D eigenvalue weighted by Crippen LogP contribution is 2.41. The number of amides is 2. The minimum atomic E-state index is -1.08. The third-order valence-electron chi connectivity index (χ3n) is 3.76. The molecule has 0 saturated carbocycles. The monoisotopic (exact) mass is 365 g/mol. The molecule has 2 heterocycles. The maximum atomic E-state index is 12.2. The SMILES string of the molecule is CCOC(=O)c1c(/N=C/C2C(=O)NC(=S)NC2=O)sc2c1CCC2. The average Bonchev–Trinajstić information content (AvgIpc) is 3.06. The molecule has 1 aliphatic carbocycles. The van der Waals surface area contributed by atoms with E-state index in [-0.39, 0.29) is 11.7 Å². The number of thiocarbonyl (C=S) groups is 1. The highest BCUT2D eigenvalue weighted by molar-refractivity contribution is 7.80. The van der Waals surface area contributed by atoms with Crippen LogP contribution in [0.5, 0.6) is 0 Å². The Morgan fingerprint density at radius 3 is 2.75 bits per heavy atom. The van der Waals surface area contributed by atoms with Gasteiger partial charge in [-0.3, -0.25) is 9.59 Å². The van der Waals surface area contributed by atoms with E-state index in [1.54, 1.807) is 6.92 Å². The minimum absolute atomic E-state index is 0.0167. The van der Waals surface area contributed by atoms with Gasteiger partial charge in [-0.05, 0) is 44.0 Å². The van der Waals surface area contributed by atoms with E-state index < -0.39 is 23.7 Å². The van der Waals surface area contributed by atoms with Gasteiger partial charge in [-0.1, -0.05) is 0 Å². The number of aliphatic imine (C=N–C) groups is 1. The van der Waals surface area contributed by atoms with E-state index in [1.165, 1.54) is 17.6 Å². The van der Waals surface area contributed by atoms with E-state index >= 15 is 0 Å². The largest absolute Gasteiger partial charge is 0.462 e. The van der Waals surface area contributed by atoms with Gasteiger partial charge in [0, 0.05) is 11.1 Å². The van der Waals surface area contributed by atoms with E-state index in [0.717, 1.165) is 29.7 Å². The number of aryl methyl sites for hydroxylation is 1. The second-order valence-corrected chi connectivity index (χ2v) is 6.81. The van der Waals surface area contributed by atoms with Gasteiger partial charge in [0.25, 0.3) is 0 Å². The number of thiophene rings is 1. The number of carbonyl (C=O) groups is 3. The van der Waals surface area contributed by atoms with Crippen LogP contribution in [0.4, 0.5) is 5.00 Å². The number of nitrogens with zero attached hydrogens (tertiary/aromatic N) is 1. The quantitative estimate of drug-likeness (QED) is 0.362. The number of rotatable bonds is 4. The Morgan fingerprint density at radius 2 is 2.08 bits per heavy atom. The number of fused-ring (bicyclic) bond motifs is 1. The van der Waals surface area contributed by atoms with Crippen molar-refractivity contribution in [3.05, 3.63) is 16.0 Å². The van der Waals surface area contributed by atoms with Crippen LogP contribution >= 0.6 is 23.6 Å². The van der Waals surface area contributed by atoms with Gasteiger partial charge in [0.05, 0.1) is 12.2 Å². The molecule has 0 aromatic carbocycles. The Labute approximate surface area is 147 Å². The fourth-order valence-electron chi connectivity index (χ4n) is 2.70. The van der Waals surface area contributed by atoms with Crippen molar-refractivity contribution in [1.29, 1.82) is 0 Å². The summed E-state index contributed by atoms with van der Waals surface area (Å²) in [4.78, 5) is 41.3. The zero-order valence-electron chi connectivity index (χ0n) is 12.9. The maximum absolute atomic E-state index is 12.2. The molecule has 24 heavy (non-hydrogen) atoms. The van der Waals surface area contributed by atoms with Crippen LogP contribution < -0.4 is 10.6 Å². The molecule has 0 atom stereocenters. The summed E-state index contributed by atoms with van der Waals surface area (Å²) in [5.74, 6) is -2.56. The zero-order valence-corrected chi connectivity index (χ0v) is 14.5. The zero-order chi connectivity index (χ0) is 17.3. The first-order chi connectivity index (χ1) is 11.5. The van der Waals surface area contributed by atoms with E-state index in [2.05, 4.69) is 15.6 Å². The van der Waals surface area contributed by atoms with Crippen LogP contribution in [-0.4, -0.2) is 35.7 Å². The van der Waals surface area contributed by atoms with Gasteiger partial charge in [0.2, 0.25) is 11.8 Å². The number of nitrogens with one attached hydrogen (secondary N) is 2. The second kappa shape index (κ2) is 6.78. The molecule has 0 bridgehead atoms. The van der Waals surface area contributed by atoms with Crippen LogP contribution in [0.15, 0.2) is 4.99 Å². The lowest BCUT2D eigenvalue weighted by Crippen LogP contribution is -2.56. The van der Waals surface area contributed by atoms with Gasteiger partial charge < -0.3 is 15.4 Å². The Balaban J connectivity index is 1.90. The van der Waals surface area contributed by atoms with Crippen molar-refractivity contribution in [2.45, 2.75) is 26.2 Å². The van der Waals surface area contributed by atoms with Crippen LogP contribution in [-0.2, 0) is 27.2 Å². The van der Waals surface area contributed by atoms with Crippen molar-refractivity contribution < 1.29 is 19.1 Å². The summed E-state index contributed by atoms with van der Waals surface area (Å²) in [6.45, 7) is 2.02. The molecule has 9 heteroatoms. The van der Waals surface area contributed by atoms with Gasteiger partial charge in [-0.25, -0.2) is 9.79 Å². The summed E-state index contributed by atoms with van der Waals surface area (Å²) in [5.41, 5.74) is 1.43. The van der Waals surface area contributed by atoms with Crippen molar-refractivity contribution in [3.63, 3.8) is 0 Å². The highest BCUT2D eigenvalue weighted by atomic mass is 32.1. The molecule has 2 amide bonds. The Morgan fingerprint density at radius 1 is 1.38 bits per heavy atom. The summed E-state index contributed by atoms with van der Waals surface area (Å²) in [6, 6.07) is 0. The van der Waals surface area contributed by atoms with Crippen LogP contribution in [0.25, 0.3) is 0 Å². The molecule has 1 aromatic rings. The van der Waals surface area contributed by atoms with Crippen molar-refractivity contribution in [2.24, 2.45) is 10.9 Å². The van der Waals surface area contributed by atoms with Crippen LogP contribution in [0, 0.1) is 5.92 Å². The average molecular weight is 365 g/mol. The first kappa shape index (κ1) is 16.7. The molecule has 0 radical (unpaired) electrons. The number of ether oxygens (including phenoxy) is 1. The van der Waals surface area contributed by atoms with Gasteiger partial charge >= 0.3 is 5.97 Å². The molecular weight excluding hydrogens is 350 g/mol. The maximum Gasteiger partial charge on any atom is 0.341 e. The summed E-state index contributed by atoms with van der Waals surface area (Å²) in [7, 11) is 0. The van der Waals surface area contributed by atoms with Crippen LogP contribution in [0.3, 0.4) is 0 Å². The molecule has 0 spiro atoms. The third kappa shape index (κ3) is 3.09. The molecule has 1 aliphatic heterocycles. The lowest BCUT2D eigenvalue weighted by atomic mass is 10.1. The third-order valence-corrected chi connectivity index (χ3v) is 5.17. The molecule has 0 unspecified atom stereocenters. The lowest BCUT2D eigenvalue weighted by Gasteiger charge is -2.19. The fraction of sp³-hybridized carbons (Fsp3) is 0.400. The topological polar surface area (TPSA) is 96.9 Å². The van der Waals surface area contributed by atoms with Crippen molar-refractivity contribution in [2.75, 3.05) is 6.61 Å². The van der Waals surface area contributed by atoms with Gasteiger partial charge in [0.15, 0.2) is 11.0 Å². The number of esters is 1. The fourth-order valence-corrected chi connectivity index (χ4v) is 4.13. The molecular formula is C15H15N3O4S2. The Kier molecular flexibility index (Phi) is 4.72. The number of carbonyl (C=O) groups excluding carboxylic acids is 3. The van der Waals surface area contributed by atoms with Crippen molar-refractivity contribution >= 4 is 57.7 Å². The first-order valence-electron chi connectivity index (χ1n) is 7.52. The smallest absolute Gasteiger partial charge is 0.341 e. The first-order valence-corrected chi connectivity index (χ1v) is 8.75. The predicted molar refractivity (Wildman–Crippen MR) is 92.8 cm³/mol. The molecule has 2 aliphatic rings. The van der Waals surface area contributed by atoms with Gasteiger partial charge in [-0.2, -0.15) is 0 Å². The van der Waals surface area contributed by atoms with Crippen molar-refractivity contribution in [1.82, 2.24) is 10.6 Å². The van der Waals surface area contributed by atoms with Crippen LogP contribution in [0.1, 0.15) is 34.1 Å². The summed E-state index contributed by atoms with van der Waals surface area (Å²) in [6.07, 6.45) is 3.97. The van der Waals surface area contributed by atoms with Crippen molar-refractivity contribution in [3.8, 4) is 0 Å². The second-order valence-electron chi connectivity index (χ2n) is 5.32. The van der Waals surface area contributed by atoms with E-state index in [1.807, 2.05) is 0 Å². The normalized spacial score (nSPS) is 17.8. The molecule has 126 valence electrons. The molecule has 1 aromatic heterocycles. The summed E-state index contributed by atoms with van der Waals surface area (Å²) >= 11 is 6.16. The lowest BCUT2D eigenvalue weighted by molar-refractivity contribution is -0.131. The standard InChI is InChI=1S/C15H15N3O4S2/c1-2-22-14(21)10-7-4-3-5-9(7)24-13(10)16-6-8-11(19)17-15(23)18-12(8)20/h6,8H,2-5H2,1H3,(H2,17,18,19,20,23)/b16-6+. The Hall–Kier alpha value is -2.13. The molecule has 3 rings (SSSR count). The summed E-state index contributed by atoms with van der Waals surface area (Å²) in [5, 5.41) is 5.21. The number of hydrogen-bond donors (Lipinski definition) is 2. The Bertz CT molecular complexity index is 749. The van der Waals surface area contributed by atoms with Gasteiger partial charge in [0.1, 0.15) is 5.00 Å². The molecule has 1 saturated heterocycles. The van der Waals surface area contributed by atoms with Crippen LogP contribution in [0.2, 0.25) is 0 Å². The molecule has 1 fully saturated rings. The number of hydrogen-bond acceptors (Lipinski definition) is 7. The van der Waals surface area contributed by atoms with E-state index in [4.69, 9.17) is 17.0 Å². The predicted octanol–water partition coefficient (Wildman–Crippen LogP) is 1.26. The summed E-state index contributed by atoms with van der Waals surface area (Å²) < 4.78 is 5.12. The highest BCUT2D eigenvalue weighted by Gasteiger charge is 2.32. The van der Waals surface area contributed by atoms with Gasteiger partial charge in [-0.15, -0.1) is 11.3 Å². The van der Waals surface area contributed by atoms with E-state index in [9.17, 15) is 14.4 Å². The molecule has 7 nitrogen and oxygen atoms in total. The molecule has 2 N–H and O–H groups in total.